The second-order valence-electron chi connectivity index (χ2n) is 4.34. The fourth-order valence-corrected chi connectivity index (χ4v) is 1.92. The Balaban J connectivity index is 2.44. The number of benzene rings is 1. The fraction of sp³-hybridized carbons (Fsp3) is 0.143. The van der Waals surface area contributed by atoms with Gasteiger partial charge in [-0.3, -0.25) is 4.79 Å². The van der Waals surface area contributed by atoms with E-state index >= 15 is 0 Å². The molecular weight excluding hydrogens is 228 g/mol. The van der Waals surface area contributed by atoms with Crippen LogP contribution < -0.4 is 10.3 Å². The maximum Gasteiger partial charge on any atom is 0.232 e. The van der Waals surface area contributed by atoms with Crippen molar-refractivity contribution in [2.75, 3.05) is 19.0 Å². The van der Waals surface area contributed by atoms with Gasteiger partial charge in [-0.2, -0.15) is 4.98 Å². The number of rotatable bonds is 1. The smallest absolute Gasteiger partial charge is 0.232 e. The predicted molar refractivity (Wildman–Crippen MR) is 72.1 cm³/mol. The number of para-hydroxylation sites is 1. The van der Waals surface area contributed by atoms with Crippen molar-refractivity contribution in [1.82, 2.24) is 4.98 Å². The van der Waals surface area contributed by atoms with Crippen LogP contribution in [0.3, 0.4) is 0 Å². The largest absolute Gasteiger partial charge is 0.437 e. The van der Waals surface area contributed by atoms with Crippen LogP contribution in [0.25, 0.3) is 22.1 Å². The van der Waals surface area contributed by atoms with E-state index in [1.165, 1.54) is 0 Å². The monoisotopic (exact) mass is 240 g/mol. The van der Waals surface area contributed by atoms with E-state index in [9.17, 15) is 4.79 Å². The molecule has 2 heterocycles. The van der Waals surface area contributed by atoms with E-state index in [-0.39, 0.29) is 5.43 Å². The third kappa shape index (κ3) is 1.54. The number of nitrogens with zero attached hydrogens (tertiary/aromatic N) is 2. The minimum atomic E-state index is -0.0374. The summed E-state index contributed by atoms with van der Waals surface area (Å²) in [7, 11) is 3.79. The molecule has 0 radical (unpaired) electrons. The van der Waals surface area contributed by atoms with Crippen LogP contribution in [0.2, 0.25) is 0 Å². The molecule has 18 heavy (non-hydrogen) atoms. The normalized spacial score (nSPS) is 11.0. The van der Waals surface area contributed by atoms with Crippen LogP contribution >= 0.6 is 0 Å². The zero-order valence-corrected chi connectivity index (χ0v) is 10.2. The lowest BCUT2D eigenvalue weighted by molar-refractivity contribution is 0.644. The first kappa shape index (κ1) is 10.8. The highest BCUT2D eigenvalue weighted by atomic mass is 16.3. The Morgan fingerprint density at radius 1 is 1.06 bits per heavy atom. The summed E-state index contributed by atoms with van der Waals surface area (Å²) in [4.78, 5) is 18.5. The molecule has 0 atom stereocenters. The minimum absolute atomic E-state index is 0.0374. The molecule has 0 saturated heterocycles. The quantitative estimate of drug-likeness (QED) is 0.613. The number of hydrogen-bond donors (Lipinski definition) is 0. The van der Waals surface area contributed by atoms with Gasteiger partial charge in [0.05, 0.1) is 10.8 Å². The summed E-state index contributed by atoms with van der Waals surface area (Å²) in [5, 5.41) is 1.10. The van der Waals surface area contributed by atoms with Gasteiger partial charge in [-0.25, -0.2) is 0 Å². The molecule has 0 bridgehead atoms. The SMILES string of the molecule is CN(C)c1ccc2c(=O)c3ccccc3oc2n1. The first-order valence-corrected chi connectivity index (χ1v) is 5.67. The molecule has 1 aromatic carbocycles. The second kappa shape index (κ2) is 3.84. The number of hydrogen-bond acceptors (Lipinski definition) is 4. The van der Waals surface area contributed by atoms with E-state index in [2.05, 4.69) is 4.98 Å². The molecule has 90 valence electrons. The van der Waals surface area contributed by atoms with Crippen LogP contribution in [0.5, 0.6) is 0 Å². The molecule has 3 rings (SSSR count). The van der Waals surface area contributed by atoms with E-state index in [4.69, 9.17) is 4.42 Å². The van der Waals surface area contributed by atoms with Gasteiger partial charge in [0.1, 0.15) is 11.4 Å². The number of anilines is 1. The molecule has 0 N–H and O–H groups in total. The molecule has 4 nitrogen and oxygen atoms in total. The Labute approximate surface area is 103 Å². The lowest BCUT2D eigenvalue weighted by atomic mass is 10.2. The Kier molecular flexibility index (Phi) is 2.30. The van der Waals surface area contributed by atoms with Gasteiger partial charge < -0.3 is 9.32 Å². The zero-order chi connectivity index (χ0) is 12.7. The highest BCUT2D eigenvalue weighted by molar-refractivity contribution is 5.88. The molecule has 2 aromatic heterocycles. The molecule has 0 amide bonds. The van der Waals surface area contributed by atoms with Crippen molar-refractivity contribution in [2.24, 2.45) is 0 Å². The first-order chi connectivity index (χ1) is 8.66. The summed E-state index contributed by atoms with van der Waals surface area (Å²) < 4.78 is 5.68. The molecule has 3 aromatic rings. The van der Waals surface area contributed by atoms with Crippen LogP contribution in [-0.2, 0) is 0 Å². The number of pyridine rings is 1. The molecular formula is C14H12N2O2. The molecule has 0 aliphatic rings. The maximum atomic E-state index is 12.3. The summed E-state index contributed by atoms with van der Waals surface area (Å²) in [6, 6.07) is 10.8. The van der Waals surface area contributed by atoms with Crippen molar-refractivity contribution in [2.45, 2.75) is 0 Å². The average molecular weight is 240 g/mol. The summed E-state index contributed by atoms with van der Waals surface area (Å²) >= 11 is 0. The van der Waals surface area contributed by atoms with Gasteiger partial charge in [-0.15, -0.1) is 0 Å². The van der Waals surface area contributed by atoms with Crippen LogP contribution in [0, 0.1) is 0 Å². The predicted octanol–water partition coefficient (Wildman–Crippen LogP) is 2.41. The molecule has 0 saturated carbocycles. The fourth-order valence-electron chi connectivity index (χ4n) is 1.92. The molecule has 0 fully saturated rings. The second-order valence-corrected chi connectivity index (χ2v) is 4.34. The van der Waals surface area contributed by atoms with Gasteiger partial charge in [0.2, 0.25) is 11.1 Å². The van der Waals surface area contributed by atoms with E-state index in [0.29, 0.717) is 22.1 Å². The van der Waals surface area contributed by atoms with Crippen LogP contribution in [0.15, 0.2) is 45.6 Å². The summed E-state index contributed by atoms with van der Waals surface area (Å²) in [5.74, 6) is 0.765. The van der Waals surface area contributed by atoms with E-state index in [1.54, 1.807) is 18.2 Å². The molecule has 0 spiro atoms. The van der Waals surface area contributed by atoms with Crippen molar-refractivity contribution in [1.29, 1.82) is 0 Å². The highest BCUT2D eigenvalue weighted by Gasteiger charge is 2.09. The summed E-state index contributed by atoms with van der Waals surface area (Å²) in [6.07, 6.45) is 0. The zero-order valence-electron chi connectivity index (χ0n) is 10.2. The van der Waals surface area contributed by atoms with E-state index < -0.39 is 0 Å². The third-order valence-electron chi connectivity index (χ3n) is 2.89. The first-order valence-electron chi connectivity index (χ1n) is 5.67. The summed E-state index contributed by atoms with van der Waals surface area (Å²) in [6.45, 7) is 0. The maximum absolute atomic E-state index is 12.3. The number of aromatic nitrogens is 1. The average Bonchev–Trinajstić information content (AvgIpc) is 2.38. The van der Waals surface area contributed by atoms with Crippen molar-refractivity contribution in [3.63, 3.8) is 0 Å². The van der Waals surface area contributed by atoms with E-state index in [0.717, 1.165) is 5.82 Å². The third-order valence-corrected chi connectivity index (χ3v) is 2.89. The Morgan fingerprint density at radius 3 is 2.61 bits per heavy atom. The van der Waals surface area contributed by atoms with Crippen LogP contribution in [0.4, 0.5) is 5.82 Å². The van der Waals surface area contributed by atoms with Crippen molar-refractivity contribution < 1.29 is 4.42 Å². The van der Waals surface area contributed by atoms with Crippen molar-refractivity contribution in [3.8, 4) is 0 Å². The highest BCUT2D eigenvalue weighted by Crippen LogP contribution is 2.19. The molecule has 0 aliphatic heterocycles. The molecule has 4 heteroatoms. The van der Waals surface area contributed by atoms with Gasteiger partial charge >= 0.3 is 0 Å². The van der Waals surface area contributed by atoms with Gasteiger partial charge in [-0.1, -0.05) is 12.1 Å². The lowest BCUT2D eigenvalue weighted by Gasteiger charge is -2.10. The molecule has 0 unspecified atom stereocenters. The van der Waals surface area contributed by atoms with Gasteiger partial charge in [0.15, 0.2) is 0 Å². The van der Waals surface area contributed by atoms with Crippen LogP contribution in [0.1, 0.15) is 0 Å². The minimum Gasteiger partial charge on any atom is -0.437 e. The van der Waals surface area contributed by atoms with Crippen LogP contribution in [-0.4, -0.2) is 19.1 Å². The Morgan fingerprint density at radius 2 is 1.83 bits per heavy atom. The van der Waals surface area contributed by atoms with Crippen molar-refractivity contribution >= 4 is 27.9 Å². The van der Waals surface area contributed by atoms with Gasteiger partial charge in [0, 0.05) is 14.1 Å². The van der Waals surface area contributed by atoms with Crippen molar-refractivity contribution in [3.05, 3.63) is 46.6 Å². The Hall–Kier alpha value is -2.36. The number of fused-ring (bicyclic) bond motifs is 2. The summed E-state index contributed by atoms with van der Waals surface area (Å²) in [5.41, 5.74) is 0.910. The lowest BCUT2D eigenvalue weighted by Crippen LogP contribution is -2.11. The van der Waals surface area contributed by atoms with Gasteiger partial charge in [0.25, 0.3) is 0 Å². The Bertz CT molecular complexity index is 791. The van der Waals surface area contributed by atoms with Gasteiger partial charge in [-0.05, 0) is 24.3 Å². The molecule has 0 aliphatic carbocycles. The standard InChI is InChI=1S/C14H12N2O2/c1-16(2)12-8-7-10-13(17)9-5-3-4-6-11(9)18-14(10)15-12/h3-8H,1-2H3. The topological polar surface area (TPSA) is 46.3 Å². The van der Waals surface area contributed by atoms with E-state index in [1.807, 2.05) is 37.2 Å².